The molecule has 1 N–H and O–H groups in total. The zero-order chi connectivity index (χ0) is 13.8. The van der Waals surface area contributed by atoms with Gasteiger partial charge >= 0.3 is 0 Å². The molecule has 0 fully saturated rings. The Morgan fingerprint density at radius 3 is 2.00 bits per heavy atom. The van der Waals surface area contributed by atoms with Gasteiger partial charge in [-0.05, 0) is 43.5 Å². The summed E-state index contributed by atoms with van der Waals surface area (Å²) in [5.74, 6) is 0. The molecule has 100 valence electrons. The van der Waals surface area contributed by atoms with E-state index in [1.807, 2.05) is 6.07 Å². The van der Waals surface area contributed by atoms with Crippen molar-refractivity contribution in [2.24, 2.45) is 0 Å². The van der Waals surface area contributed by atoms with Gasteiger partial charge in [-0.3, -0.25) is 0 Å². The summed E-state index contributed by atoms with van der Waals surface area (Å²) in [5.41, 5.74) is 3.99. The second-order valence-corrected chi connectivity index (χ2v) is 5.84. The van der Waals surface area contributed by atoms with Gasteiger partial charge in [-0.15, -0.1) is 0 Å². The third-order valence-corrected chi connectivity index (χ3v) is 4.25. The van der Waals surface area contributed by atoms with Gasteiger partial charge in [0.25, 0.3) is 0 Å². The highest BCUT2D eigenvalue weighted by Gasteiger charge is 2.14. The molecule has 0 saturated carbocycles. The maximum atomic E-state index is 3.66. The highest BCUT2D eigenvalue weighted by atomic mass is 79.9. The van der Waals surface area contributed by atoms with Crippen LogP contribution >= 0.6 is 15.9 Å². The summed E-state index contributed by atoms with van der Waals surface area (Å²) in [6.45, 7) is 6.58. The first-order valence-electron chi connectivity index (χ1n) is 6.65. The first-order valence-corrected chi connectivity index (χ1v) is 7.45. The van der Waals surface area contributed by atoms with Crippen LogP contribution in [0.2, 0.25) is 0 Å². The molecular formula is C17H20BrN. The topological polar surface area (TPSA) is 12.0 Å². The van der Waals surface area contributed by atoms with Crippen LogP contribution < -0.4 is 5.32 Å². The third-order valence-electron chi connectivity index (χ3n) is 3.53. The predicted octanol–water partition coefficient (Wildman–Crippen LogP) is 5.17. The van der Waals surface area contributed by atoms with Crippen molar-refractivity contribution in [3.05, 3.63) is 69.7 Å². The zero-order valence-electron chi connectivity index (χ0n) is 11.7. The van der Waals surface area contributed by atoms with Gasteiger partial charge in [-0.2, -0.15) is 0 Å². The van der Waals surface area contributed by atoms with E-state index in [4.69, 9.17) is 0 Å². The van der Waals surface area contributed by atoms with E-state index in [0.717, 1.165) is 4.47 Å². The lowest BCUT2D eigenvalue weighted by atomic mass is 10.0. The fourth-order valence-electron chi connectivity index (χ4n) is 2.45. The summed E-state index contributed by atoms with van der Waals surface area (Å²) in [5, 5.41) is 3.66. The average Bonchev–Trinajstić information content (AvgIpc) is 2.39. The molecule has 2 atom stereocenters. The summed E-state index contributed by atoms with van der Waals surface area (Å²) in [6, 6.07) is 17.6. The van der Waals surface area contributed by atoms with E-state index in [-0.39, 0.29) is 0 Å². The molecule has 2 heteroatoms. The Hall–Kier alpha value is -1.12. The minimum atomic E-state index is 0.310. The third kappa shape index (κ3) is 3.46. The minimum absolute atomic E-state index is 0.310. The Morgan fingerprint density at radius 1 is 0.842 bits per heavy atom. The van der Waals surface area contributed by atoms with Crippen LogP contribution in [0.25, 0.3) is 0 Å². The van der Waals surface area contributed by atoms with Crippen LogP contribution in [0.4, 0.5) is 0 Å². The van der Waals surface area contributed by atoms with Gasteiger partial charge in [-0.1, -0.05) is 58.4 Å². The Balaban J connectivity index is 2.13. The van der Waals surface area contributed by atoms with Gasteiger partial charge in [0.1, 0.15) is 0 Å². The second kappa shape index (κ2) is 6.36. The summed E-state index contributed by atoms with van der Waals surface area (Å²) >= 11 is 3.62. The van der Waals surface area contributed by atoms with Crippen molar-refractivity contribution in [2.45, 2.75) is 32.9 Å². The summed E-state index contributed by atoms with van der Waals surface area (Å²) < 4.78 is 1.16. The second-order valence-electron chi connectivity index (χ2n) is 4.99. The fraction of sp³-hybridized carbons (Fsp3) is 0.294. The zero-order valence-corrected chi connectivity index (χ0v) is 13.2. The van der Waals surface area contributed by atoms with E-state index in [2.05, 4.69) is 84.5 Å². The molecule has 0 amide bonds. The van der Waals surface area contributed by atoms with E-state index in [1.54, 1.807) is 0 Å². The Morgan fingerprint density at radius 2 is 1.37 bits per heavy atom. The lowest BCUT2D eigenvalue weighted by Crippen LogP contribution is -2.23. The van der Waals surface area contributed by atoms with E-state index in [1.165, 1.54) is 16.7 Å². The monoisotopic (exact) mass is 317 g/mol. The quantitative estimate of drug-likeness (QED) is 0.820. The first-order chi connectivity index (χ1) is 9.09. The maximum Gasteiger partial charge on any atom is 0.0308 e. The molecule has 19 heavy (non-hydrogen) atoms. The van der Waals surface area contributed by atoms with Crippen molar-refractivity contribution in [2.75, 3.05) is 0 Å². The van der Waals surface area contributed by atoms with Gasteiger partial charge in [0, 0.05) is 16.6 Å². The normalized spacial score (nSPS) is 14.1. The summed E-state index contributed by atoms with van der Waals surface area (Å²) in [4.78, 5) is 0. The van der Waals surface area contributed by atoms with Crippen LogP contribution in [0.1, 0.15) is 42.6 Å². The van der Waals surface area contributed by atoms with Gasteiger partial charge in [0.2, 0.25) is 0 Å². The van der Waals surface area contributed by atoms with Crippen molar-refractivity contribution < 1.29 is 0 Å². The molecule has 2 aromatic rings. The molecule has 0 heterocycles. The molecule has 0 aliphatic rings. The van der Waals surface area contributed by atoms with E-state index >= 15 is 0 Å². The maximum absolute atomic E-state index is 3.66. The molecule has 2 unspecified atom stereocenters. The number of benzene rings is 2. The molecule has 0 aromatic heterocycles. The molecule has 0 aliphatic heterocycles. The van der Waals surface area contributed by atoms with Gasteiger partial charge in [-0.25, -0.2) is 0 Å². The number of rotatable bonds is 4. The number of halogens is 1. The van der Waals surface area contributed by atoms with E-state index in [9.17, 15) is 0 Å². The highest BCUT2D eigenvalue weighted by molar-refractivity contribution is 9.10. The first kappa shape index (κ1) is 14.3. The van der Waals surface area contributed by atoms with Gasteiger partial charge < -0.3 is 5.32 Å². The number of hydrogen-bond donors (Lipinski definition) is 1. The van der Waals surface area contributed by atoms with E-state index < -0.39 is 0 Å². The molecule has 2 aromatic carbocycles. The molecule has 1 nitrogen and oxygen atoms in total. The molecule has 0 saturated heterocycles. The molecule has 0 spiro atoms. The number of hydrogen-bond acceptors (Lipinski definition) is 1. The Labute approximate surface area is 124 Å². The molecule has 2 rings (SSSR count). The highest BCUT2D eigenvalue weighted by Crippen LogP contribution is 2.26. The Kier molecular flexibility index (Phi) is 4.78. The van der Waals surface area contributed by atoms with Gasteiger partial charge in [0.05, 0.1) is 0 Å². The van der Waals surface area contributed by atoms with Crippen LogP contribution in [0.15, 0.2) is 53.0 Å². The van der Waals surface area contributed by atoms with Crippen molar-refractivity contribution in [3.8, 4) is 0 Å². The van der Waals surface area contributed by atoms with Crippen LogP contribution in [-0.4, -0.2) is 0 Å². The van der Waals surface area contributed by atoms with Crippen LogP contribution in [0.3, 0.4) is 0 Å². The van der Waals surface area contributed by atoms with Crippen molar-refractivity contribution in [1.82, 2.24) is 5.32 Å². The van der Waals surface area contributed by atoms with Crippen LogP contribution in [0.5, 0.6) is 0 Å². The fourth-order valence-corrected chi connectivity index (χ4v) is 3.08. The smallest absolute Gasteiger partial charge is 0.0308 e. The average molecular weight is 318 g/mol. The van der Waals surface area contributed by atoms with Crippen LogP contribution in [0, 0.1) is 6.92 Å². The molecular weight excluding hydrogens is 298 g/mol. The summed E-state index contributed by atoms with van der Waals surface area (Å²) in [7, 11) is 0. The largest absolute Gasteiger partial charge is 0.304 e. The molecule has 0 radical (unpaired) electrons. The van der Waals surface area contributed by atoms with Gasteiger partial charge in [0.15, 0.2) is 0 Å². The van der Waals surface area contributed by atoms with Crippen molar-refractivity contribution >= 4 is 15.9 Å². The Bertz CT molecular complexity index is 501. The lowest BCUT2D eigenvalue weighted by Gasteiger charge is -2.23. The lowest BCUT2D eigenvalue weighted by molar-refractivity contribution is 0.492. The summed E-state index contributed by atoms with van der Waals surface area (Å²) in [6.07, 6.45) is 0. The standard InChI is InChI=1S/C17H20BrN/c1-12-8-4-5-9-15(12)13(2)19-14(3)16-10-6-7-11-17(16)18/h4-11,13-14,19H,1-3H3. The molecule has 0 bridgehead atoms. The number of nitrogens with one attached hydrogen (secondary N) is 1. The van der Waals surface area contributed by atoms with Crippen molar-refractivity contribution in [1.29, 1.82) is 0 Å². The molecule has 0 aliphatic carbocycles. The minimum Gasteiger partial charge on any atom is -0.304 e. The number of aryl methyl sites for hydroxylation is 1. The predicted molar refractivity (Wildman–Crippen MR) is 85.3 cm³/mol. The SMILES string of the molecule is Cc1ccccc1C(C)NC(C)c1ccccc1Br. The van der Waals surface area contributed by atoms with E-state index in [0.29, 0.717) is 12.1 Å². The van der Waals surface area contributed by atoms with Crippen LogP contribution in [-0.2, 0) is 0 Å². The van der Waals surface area contributed by atoms with Crippen molar-refractivity contribution in [3.63, 3.8) is 0 Å².